The van der Waals surface area contributed by atoms with E-state index >= 15 is 8.78 Å². The third-order valence-electron chi connectivity index (χ3n) is 13.1. The molecule has 0 bridgehead atoms. The van der Waals surface area contributed by atoms with Gasteiger partial charge in [-0.3, -0.25) is 0 Å². The molecule has 0 aromatic carbocycles. The van der Waals surface area contributed by atoms with Crippen LogP contribution in [0.4, 0.5) is 8.78 Å². The number of halogens is 2. The van der Waals surface area contributed by atoms with Crippen LogP contribution in [-0.4, -0.2) is 39.5 Å². The summed E-state index contributed by atoms with van der Waals surface area (Å²) in [6, 6.07) is 0. The van der Waals surface area contributed by atoms with Gasteiger partial charge in [-0.1, -0.05) is 20.8 Å². The van der Waals surface area contributed by atoms with Crippen LogP contribution in [0.1, 0.15) is 106 Å². The quantitative estimate of drug-likeness (QED) is 0.484. The van der Waals surface area contributed by atoms with Crippen molar-refractivity contribution in [2.24, 2.45) is 45.3 Å². The minimum atomic E-state index is -2.57. The lowest BCUT2D eigenvalue weighted by Crippen LogP contribution is -2.57. The molecule has 6 fully saturated rings. The van der Waals surface area contributed by atoms with Crippen molar-refractivity contribution in [3.8, 4) is 0 Å². The van der Waals surface area contributed by atoms with E-state index in [0.29, 0.717) is 18.3 Å². The molecule has 5 saturated carbocycles. The third-order valence-corrected chi connectivity index (χ3v) is 13.1. The first-order chi connectivity index (χ1) is 15.5. The molecule has 10 atom stereocenters. The molecule has 34 heavy (non-hydrogen) atoms. The van der Waals surface area contributed by atoms with Crippen molar-refractivity contribution >= 4 is 0 Å². The Labute approximate surface area is 204 Å². The first kappa shape index (κ1) is 24.1. The summed E-state index contributed by atoms with van der Waals surface area (Å²) in [7, 11) is 0. The standard InChI is InChI=1S/C29H46F2O3/c1-23(2)20-8-7-17-18-15-19(32)22(26(6)10-9-21(34-26)24(3,4)33)25(18,5)11-12-27(17)16-28(20,27)13-14-29(23,30)31/h17-22,32-33H,7-16H2,1-6H3. The molecule has 5 heteroatoms. The maximum atomic E-state index is 15.0. The Morgan fingerprint density at radius 3 is 2.18 bits per heavy atom. The summed E-state index contributed by atoms with van der Waals surface area (Å²) < 4.78 is 36.6. The van der Waals surface area contributed by atoms with E-state index in [1.54, 1.807) is 0 Å². The van der Waals surface area contributed by atoms with Crippen molar-refractivity contribution in [2.75, 3.05) is 0 Å². The molecule has 0 amide bonds. The fraction of sp³-hybridized carbons (Fsp3) is 1.00. The van der Waals surface area contributed by atoms with Crippen LogP contribution in [0.25, 0.3) is 0 Å². The third kappa shape index (κ3) is 2.68. The SMILES string of the molecule is CC(C)(O)C1CCC(C)(C2C(O)CC3C4CCC5C(C)(C)C(F)(F)CCC56CC46CCC32C)O1. The number of ether oxygens (including phenoxy) is 1. The van der Waals surface area contributed by atoms with E-state index in [-0.39, 0.29) is 40.6 Å². The van der Waals surface area contributed by atoms with Crippen molar-refractivity contribution in [1.29, 1.82) is 0 Å². The van der Waals surface area contributed by atoms with Gasteiger partial charge in [0.25, 0.3) is 5.92 Å². The molecular formula is C29H46F2O3. The van der Waals surface area contributed by atoms with Crippen molar-refractivity contribution in [2.45, 2.75) is 135 Å². The second kappa shape index (κ2) is 6.59. The molecule has 194 valence electrons. The predicted octanol–water partition coefficient (Wildman–Crippen LogP) is 6.35. The lowest BCUT2D eigenvalue weighted by Gasteiger charge is -2.60. The molecule has 1 heterocycles. The van der Waals surface area contributed by atoms with Crippen LogP contribution < -0.4 is 0 Å². The number of aliphatic hydroxyl groups excluding tert-OH is 1. The van der Waals surface area contributed by atoms with Gasteiger partial charge in [-0.2, -0.15) is 0 Å². The summed E-state index contributed by atoms with van der Waals surface area (Å²) in [5.41, 5.74) is -1.90. The van der Waals surface area contributed by atoms with Gasteiger partial charge in [0.1, 0.15) is 0 Å². The van der Waals surface area contributed by atoms with E-state index in [0.717, 1.165) is 51.4 Å². The molecule has 6 rings (SSSR count). The highest BCUT2D eigenvalue weighted by molar-refractivity contribution is 5.30. The highest BCUT2D eigenvalue weighted by atomic mass is 19.3. The zero-order chi connectivity index (χ0) is 24.7. The average molecular weight is 481 g/mol. The second-order valence-electron chi connectivity index (χ2n) is 15.2. The molecule has 6 aliphatic rings. The van der Waals surface area contributed by atoms with Crippen LogP contribution in [-0.2, 0) is 4.74 Å². The van der Waals surface area contributed by atoms with Gasteiger partial charge >= 0.3 is 0 Å². The topological polar surface area (TPSA) is 49.7 Å². The molecule has 10 unspecified atom stereocenters. The monoisotopic (exact) mass is 480 g/mol. The van der Waals surface area contributed by atoms with Gasteiger partial charge in [-0.25, -0.2) is 8.78 Å². The van der Waals surface area contributed by atoms with Crippen molar-refractivity contribution in [3.05, 3.63) is 0 Å². The maximum Gasteiger partial charge on any atom is 0.253 e. The summed E-state index contributed by atoms with van der Waals surface area (Å²) >= 11 is 0. The largest absolute Gasteiger partial charge is 0.393 e. The number of alkyl halides is 2. The van der Waals surface area contributed by atoms with Gasteiger partial charge in [0.2, 0.25) is 0 Å². The van der Waals surface area contributed by atoms with Gasteiger partial charge in [0.15, 0.2) is 0 Å². The van der Waals surface area contributed by atoms with Crippen LogP contribution in [0.15, 0.2) is 0 Å². The summed E-state index contributed by atoms with van der Waals surface area (Å²) in [6.45, 7) is 11.9. The van der Waals surface area contributed by atoms with Crippen molar-refractivity contribution in [3.63, 3.8) is 0 Å². The Bertz CT molecular complexity index is 881. The van der Waals surface area contributed by atoms with Gasteiger partial charge in [0.05, 0.1) is 23.4 Å². The Hall–Kier alpha value is -0.260. The van der Waals surface area contributed by atoms with Crippen LogP contribution in [0.2, 0.25) is 0 Å². The van der Waals surface area contributed by atoms with Crippen LogP contribution in [0.5, 0.6) is 0 Å². The summed E-state index contributed by atoms with van der Waals surface area (Å²) in [5, 5.41) is 22.1. The van der Waals surface area contributed by atoms with E-state index in [9.17, 15) is 10.2 Å². The molecule has 0 aromatic rings. The van der Waals surface area contributed by atoms with Crippen LogP contribution >= 0.6 is 0 Å². The minimum Gasteiger partial charge on any atom is -0.393 e. The molecular weight excluding hydrogens is 434 g/mol. The van der Waals surface area contributed by atoms with E-state index in [1.165, 1.54) is 0 Å². The zero-order valence-corrected chi connectivity index (χ0v) is 22.1. The number of aliphatic hydroxyl groups is 2. The fourth-order valence-electron chi connectivity index (χ4n) is 11.5. The molecule has 3 nitrogen and oxygen atoms in total. The van der Waals surface area contributed by atoms with Gasteiger partial charge in [-0.15, -0.1) is 0 Å². The molecule has 0 radical (unpaired) electrons. The molecule has 1 saturated heterocycles. The molecule has 1 aliphatic heterocycles. The van der Waals surface area contributed by atoms with E-state index in [2.05, 4.69) is 13.8 Å². The van der Waals surface area contributed by atoms with Crippen molar-refractivity contribution in [1.82, 2.24) is 0 Å². The maximum absolute atomic E-state index is 15.0. The number of fused-ring (bicyclic) bond motifs is 2. The van der Waals surface area contributed by atoms with Crippen LogP contribution in [0, 0.1) is 45.3 Å². The summed E-state index contributed by atoms with van der Waals surface area (Å²) in [6.07, 6.45) is 7.93. The van der Waals surface area contributed by atoms with E-state index in [1.807, 2.05) is 27.7 Å². The molecule has 0 aromatic heterocycles. The Kier molecular flexibility index (Phi) is 4.67. The molecule has 2 spiro atoms. The van der Waals surface area contributed by atoms with Crippen LogP contribution in [0.3, 0.4) is 0 Å². The summed E-state index contributed by atoms with van der Waals surface area (Å²) in [4.78, 5) is 0. The normalized spacial score (nSPS) is 57.4. The Morgan fingerprint density at radius 1 is 0.853 bits per heavy atom. The summed E-state index contributed by atoms with van der Waals surface area (Å²) in [5.74, 6) is -1.40. The molecule has 2 N–H and O–H groups in total. The van der Waals surface area contributed by atoms with Gasteiger partial charge < -0.3 is 14.9 Å². The lowest BCUT2D eigenvalue weighted by molar-refractivity contribution is -0.211. The number of hydrogen-bond acceptors (Lipinski definition) is 3. The van der Waals surface area contributed by atoms with Crippen molar-refractivity contribution < 1.29 is 23.7 Å². The Morgan fingerprint density at radius 2 is 1.53 bits per heavy atom. The second-order valence-corrected chi connectivity index (χ2v) is 15.2. The smallest absolute Gasteiger partial charge is 0.253 e. The number of hydrogen-bond donors (Lipinski definition) is 2. The van der Waals surface area contributed by atoms with E-state index < -0.39 is 28.6 Å². The Balaban J connectivity index is 1.30. The number of rotatable bonds is 2. The lowest BCUT2D eigenvalue weighted by atomic mass is 9.45. The highest BCUT2D eigenvalue weighted by Crippen LogP contribution is 2.88. The highest BCUT2D eigenvalue weighted by Gasteiger charge is 2.82. The fourth-order valence-corrected chi connectivity index (χ4v) is 11.5. The molecule has 5 aliphatic carbocycles. The van der Waals surface area contributed by atoms with E-state index in [4.69, 9.17) is 4.74 Å². The first-order valence-electron chi connectivity index (χ1n) is 14.0. The average Bonchev–Trinajstić information content (AvgIpc) is 3.06. The first-order valence-corrected chi connectivity index (χ1v) is 14.0. The predicted molar refractivity (Wildman–Crippen MR) is 127 cm³/mol. The van der Waals surface area contributed by atoms with Gasteiger partial charge in [-0.05, 0) is 113 Å². The zero-order valence-electron chi connectivity index (χ0n) is 22.1. The minimum absolute atomic E-state index is 0.00328. The van der Waals surface area contributed by atoms with Gasteiger partial charge in [0, 0.05) is 17.8 Å².